The van der Waals surface area contributed by atoms with Crippen molar-refractivity contribution in [2.24, 2.45) is 0 Å². The van der Waals surface area contributed by atoms with Crippen molar-refractivity contribution >= 4 is 5.97 Å². The Labute approximate surface area is 119 Å². The van der Waals surface area contributed by atoms with Gasteiger partial charge in [0.15, 0.2) is 0 Å². The monoisotopic (exact) mass is 272 g/mol. The first-order chi connectivity index (χ1) is 9.69. The van der Waals surface area contributed by atoms with Crippen LogP contribution in [0.25, 0.3) is 0 Å². The fourth-order valence-corrected chi connectivity index (χ4v) is 2.24. The molecule has 0 spiro atoms. The summed E-state index contributed by atoms with van der Waals surface area (Å²) < 4.78 is 10.6. The minimum absolute atomic E-state index is 0.214. The number of furan rings is 1. The Morgan fingerprint density at radius 2 is 1.95 bits per heavy atom. The molecule has 0 atom stereocenters. The third kappa shape index (κ3) is 3.98. The van der Waals surface area contributed by atoms with Crippen LogP contribution in [0.5, 0.6) is 0 Å². The van der Waals surface area contributed by atoms with Gasteiger partial charge in [-0.1, -0.05) is 30.3 Å². The molecule has 2 rings (SSSR count). The third-order valence-corrected chi connectivity index (χ3v) is 3.16. The highest BCUT2D eigenvalue weighted by Crippen LogP contribution is 2.18. The second kappa shape index (κ2) is 6.94. The highest BCUT2D eigenvalue weighted by molar-refractivity contribution is 5.72. The van der Waals surface area contributed by atoms with Gasteiger partial charge in [0.2, 0.25) is 0 Å². The summed E-state index contributed by atoms with van der Waals surface area (Å²) in [6, 6.07) is 12.3. The molecular formula is C17H20O3. The van der Waals surface area contributed by atoms with Gasteiger partial charge in [0.1, 0.15) is 17.9 Å². The van der Waals surface area contributed by atoms with E-state index in [2.05, 4.69) is 12.1 Å². The molecular weight excluding hydrogens is 252 g/mol. The van der Waals surface area contributed by atoms with Crippen molar-refractivity contribution < 1.29 is 13.9 Å². The predicted molar refractivity (Wildman–Crippen MR) is 77.6 cm³/mol. The Bertz CT molecular complexity index is 555. The third-order valence-electron chi connectivity index (χ3n) is 3.16. The van der Waals surface area contributed by atoms with E-state index in [1.54, 1.807) is 0 Å². The second-order valence-electron chi connectivity index (χ2n) is 4.77. The summed E-state index contributed by atoms with van der Waals surface area (Å²) in [4.78, 5) is 11.6. The van der Waals surface area contributed by atoms with Crippen LogP contribution >= 0.6 is 0 Å². The first-order valence-electron chi connectivity index (χ1n) is 6.96. The quantitative estimate of drug-likeness (QED) is 0.756. The van der Waals surface area contributed by atoms with Crippen molar-refractivity contribution in [2.75, 3.05) is 6.61 Å². The average molecular weight is 272 g/mol. The van der Waals surface area contributed by atoms with E-state index in [4.69, 9.17) is 9.15 Å². The molecule has 1 aromatic heterocycles. The molecule has 1 heterocycles. The van der Waals surface area contributed by atoms with Gasteiger partial charge in [-0.25, -0.2) is 0 Å². The number of hydrogen-bond acceptors (Lipinski definition) is 3. The molecule has 0 amide bonds. The van der Waals surface area contributed by atoms with Gasteiger partial charge in [-0.3, -0.25) is 4.79 Å². The van der Waals surface area contributed by atoms with Crippen molar-refractivity contribution in [3.8, 4) is 0 Å². The van der Waals surface area contributed by atoms with Gasteiger partial charge in [0.05, 0.1) is 6.61 Å². The van der Waals surface area contributed by atoms with Crippen molar-refractivity contribution in [1.82, 2.24) is 0 Å². The normalized spacial score (nSPS) is 10.5. The summed E-state index contributed by atoms with van der Waals surface area (Å²) in [6.07, 6.45) is 2.03. The van der Waals surface area contributed by atoms with E-state index in [0.717, 1.165) is 29.9 Å². The molecule has 2 aromatic rings. The molecule has 1 aromatic carbocycles. The zero-order valence-electron chi connectivity index (χ0n) is 12.0. The van der Waals surface area contributed by atoms with Gasteiger partial charge in [-0.15, -0.1) is 0 Å². The molecule has 0 unspecified atom stereocenters. The van der Waals surface area contributed by atoms with E-state index in [1.807, 2.05) is 38.1 Å². The highest BCUT2D eigenvalue weighted by atomic mass is 16.5. The number of carbonyl (C=O) groups is 1. The van der Waals surface area contributed by atoms with E-state index in [0.29, 0.717) is 6.61 Å². The SMILES string of the molecule is CCOC(=O)Cc1oc(C)cc1CCc1ccccc1. The van der Waals surface area contributed by atoms with Crippen molar-refractivity contribution in [3.05, 3.63) is 59.0 Å². The maximum atomic E-state index is 11.6. The lowest BCUT2D eigenvalue weighted by molar-refractivity contribution is -0.142. The van der Waals surface area contributed by atoms with E-state index in [1.165, 1.54) is 5.56 Å². The molecule has 106 valence electrons. The van der Waals surface area contributed by atoms with Crippen LogP contribution in [0.15, 0.2) is 40.8 Å². The molecule has 0 bridgehead atoms. The van der Waals surface area contributed by atoms with Gasteiger partial charge < -0.3 is 9.15 Å². The van der Waals surface area contributed by atoms with Crippen LogP contribution in [-0.2, 0) is 28.8 Å². The Hall–Kier alpha value is -2.03. The summed E-state index contributed by atoms with van der Waals surface area (Å²) >= 11 is 0. The number of benzene rings is 1. The lowest BCUT2D eigenvalue weighted by Crippen LogP contribution is -2.08. The fraction of sp³-hybridized carbons (Fsp3) is 0.353. The lowest BCUT2D eigenvalue weighted by atomic mass is 10.0. The van der Waals surface area contributed by atoms with Gasteiger partial charge in [0, 0.05) is 0 Å². The molecule has 0 aliphatic rings. The zero-order chi connectivity index (χ0) is 14.4. The number of esters is 1. The van der Waals surface area contributed by atoms with Gasteiger partial charge >= 0.3 is 5.97 Å². The maximum Gasteiger partial charge on any atom is 0.313 e. The molecule has 0 fully saturated rings. The molecule has 0 saturated carbocycles. The van der Waals surface area contributed by atoms with Crippen molar-refractivity contribution in [3.63, 3.8) is 0 Å². The maximum absolute atomic E-state index is 11.6. The molecule has 20 heavy (non-hydrogen) atoms. The van der Waals surface area contributed by atoms with Crippen molar-refractivity contribution in [1.29, 1.82) is 0 Å². The number of rotatable bonds is 6. The largest absolute Gasteiger partial charge is 0.466 e. The second-order valence-corrected chi connectivity index (χ2v) is 4.77. The standard InChI is InChI=1S/C17H20O3/c1-3-19-17(18)12-16-15(11-13(2)20-16)10-9-14-7-5-4-6-8-14/h4-8,11H,3,9-10,12H2,1-2H3. The number of ether oxygens (including phenoxy) is 1. The molecule has 3 heteroatoms. The molecule has 0 saturated heterocycles. The number of carbonyl (C=O) groups excluding carboxylic acids is 1. The smallest absolute Gasteiger partial charge is 0.313 e. The number of hydrogen-bond donors (Lipinski definition) is 0. The summed E-state index contributed by atoms with van der Waals surface area (Å²) in [5.41, 5.74) is 2.38. The number of aryl methyl sites for hydroxylation is 3. The van der Waals surface area contributed by atoms with E-state index in [9.17, 15) is 4.79 Å². The molecule has 0 radical (unpaired) electrons. The van der Waals surface area contributed by atoms with Gasteiger partial charge in [0.25, 0.3) is 0 Å². The lowest BCUT2D eigenvalue weighted by Gasteiger charge is -2.03. The molecule has 0 aliphatic heterocycles. The van der Waals surface area contributed by atoms with E-state index >= 15 is 0 Å². The first kappa shape index (κ1) is 14.4. The Kier molecular flexibility index (Phi) is 4.99. The van der Waals surface area contributed by atoms with E-state index < -0.39 is 0 Å². The van der Waals surface area contributed by atoms with Gasteiger partial charge in [-0.2, -0.15) is 0 Å². The van der Waals surface area contributed by atoms with Gasteiger partial charge in [-0.05, 0) is 43.9 Å². The minimum Gasteiger partial charge on any atom is -0.466 e. The van der Waals surface area contributed by atoms with Crippen LogP contribution in [-0.4, -0.2) is 12.6 Å². The first-order valence-corrected chi connectivity index (χ1v) is 6.96. The summed E-state index contributed by atoms with van der Waals surface area (Å²) in [5, 5.41) is 0. The minimum atomic E-state index is -0.234. The van der Waals surface area contributed by atoms with E-state index in [-0.39, 0.29) is 12.4 Å². The molecule has 3 nitrogen and oxygen atoms in total. The Balaban J connectivity index is 2.02. The van der Waals surface area contributed by atoms with Crippen molar-refractivity contribution in [2.45, 2.75) is 33.1 Å². The predicted octanol–water partition coefficient (Wildman–Crippen LogP) is 3.48. The average Bonchev–Trinajstić information content (AvgIpc) is 2.78. The van der Waals surface area contributed by atoms with Crippen LogP contribution in [0.4, 0.5) is 0 Å². The summed E-state index contributed by atoms with van der Waals surface area (Å²) in [5.74, 6) is 1.34. The summed E-state index contributed by atoms with van der Waals surface area (Å²) in [7, 11) is 0. The Morgan fingerprint density at radius 1 is 1.20 bits per heavy atom. The molecule has 0 N–H and O–H groups in total. The topological polar surface area (TPSA) is 39.4 Å². The Morgan fingerprint density at radius 3 is 2.65 bits per heavy atom. The van der Waals surface area contributed by atoms with Crippen LogP contribution in [0.1, 0.15) is 29.6 Å². The summed E-state index contributed by atoms with van der Waals surface area (Å²) in [6.45, 7) is 4.11. The van der Waals surface area contributed by atoms with Crippen LogP contribution < -0.4 is 0 Å². The van der Waals surface area contributed by atoms with Crippen LogP contribution in [0.3, 0.4) is 0 Å². The molecule has 0 aliphatic carbocycles. The van der Waals surface area contributed by atoms with Crippen LogP contribution in [0.2, 0.25) is 0 Å². The fourth-order valence-electron chi connectivity index (χ4n) is 2.24. The highest BCUT2D eigenvalue weighted by Gasteiger charge is 2.14. The zero-order valence-corrected chi connectivity index (χ0v) is 12.0. The van der Waals surface area contributed by atoms with Crippen LogP contribution in [0, 0.1) is 6.92 Å².